The monoisotopic (exact) mass is 248 g/mol. The van der Waals surface area contributed by atoms with Crippen molar-refractivity contribution in [3.63, 3.8) is 0 Å². The summed E-state index contributed by atoms with van der Waals surface area (Å²) >= 11 is 0. The van der Waals surface area contributed by atoms with Gasteiger partial charge in [0.05, 0.1) is 12.8 Å². The van der Waals surface area contributed by atoms with E-state index in [2.05, 4.69) is 10.6 Å². The number of carboxylic acids is 1. The van der Waals surface area contributed by atoms with E-state index >= 15 is 0 Å². The Labute approximate surface area is 105 Å². The summed E-state index contributed by atoms with van der Waals surface area (Å²) in [7, 11) is 0. The molecule has 0 aliphatic carbocycles. The number of hydrogen-bond acceptors (Lipinski definition) is 3. The Kier molecular flexibility index (Phi) is 3.94. The van der Waals surface area contributed by atoms with Crippen molar-refractivity contribution in [2.24, 2.45) is 0 Å². The van der Waals surface area contributed by atoms with E-state index in [1.165, 1.54) is 0 Å². The maximum absolute atomic E-state index is 11.2. The van der Waals surface area contributed by atoms with E-state index < -0.39 is 5.97 Å². The normalized spacial score (nSPS) is 13.2. The minimum absolute atomic E-state index is 0.0433. The lowest BCUT2D eigenvalue weighted by molar-refractivity contribution is -0.136. The van der Waals surface area contributed by atoms with Crippen molar-refractivity contribution in [2.75, 3.05) is 18.4 Å². The van der Waals surface area contributed by atoms with Gasteiger partial charge in [0, 0.05) is 12.2 Å². The van der Waals surface area contributed by atoms with Crippen LogP contribution in [0, 0.1) is 0 Å². The molecule has 0 aromatic heterocycles. The van der Waals surface area contributed by atoms with Crippen molar-refractivity contribution < 1.29 is 14.7 Å². The molecule has 0 bridgehead atoms. The highest BCUT2D eigenvalue weighted by Gasteiger charge is 2.17. The molecule has 5 heteroatoms. The zero-order chi connectivity index (χ0) is 13.0. The summed E-state index contributed by atoms with van der Waals surface area (Å²) in [5, 5.41) is 14.4. The van der Waals surface area contributed by atoms with Crippen LogP contribution in [0.2, 0.25) is 0 Å². The largest absolute Gasteiger partial charge is 0.481 e. The van der Waals surface area contributed by atoms with Crippen LogP contribution in [0.1, 0.15) is 17.5 Å². The van der Waals surface area contributed by atoms with Gasteiger partial charge in [-0.1, -0.05) is 12.1 Å². The van der Waals surface area contributed by atoms with Crippen LogP contribution in [-0.2, 0) is 22.4 Å². The van der Waals surface area contributed by atoms with Gasteiger partial charge >= 0.3 is 5.97 Å². The Morgan fingerprint density at radius 3 is 3.00 bits per heavy atom. The summed E-state index contributed by atoms with van der Waals surface area (Å²) in [6.07, 6.45) is 1.43. The maximum Gasteiger partial charge on any atom is 0.304 e. The number of carbonyl (C=O) groups excluding carboxylic acids is 1. The molecule has 1 heterocycles. The lowest BCUT2D eigenvalue weighted by Gasteiger charge is -2.05. The Balaban J connectivity index is 1.79. The Morgan fingerprint density at radius 1 is 1.39 bits per heavy atom. The van der Waals surface area contributed by atoms with E-state index in [1.807, 2.05) is 18.2 Å². The molecule has 3 N–H and O–H groups in total. The van der Waals surface area contributed by atoms with Crippen molar-refractivity contribution in [1.29, 1.82) is 0 Å². The van der Waals surface area contributed by atoms with Gasteiger partial charge in [-0.3, -0.25) is 9.59 Å². The molecular weight excluding hydrogens is 232 g/mol. The minimum atomic E-state index is -0.787. The average Bonchev–Trinajstić information content (AvgIpc) is 2.67. The maximum atomic E-state index is 11.2. The number of benzene rings is 1. The first-order valence-electron chi connectivity index (χ1n) is 5.99. The zero-order valence-corrected chi connectivity index (χ0v) is 10.0. The first kappa shape index (κ1) is 12.6. The highest BCUT2D eigenvalue weighted by atomic mass is 16.4. The molecule has 1 amide bonds. The molecule has 0 fully saturated rings. The highest BCUT2D eigenvalue weighted by molar-refractivity contribution is 5.99. The minimum Gasteiger partial charge on any atom is -0.481 e. The third-order valence-corrected chi connectivity index (χ3v) is 2.90. The second-order valence-electron chi connectivity index (χ2n) is 4.36. The number of nitrogens with one attached hydrogen (secondary N) is 2. The molecule has 96 valence electrons. The summed E-state index contributed by atoms with van der Waals surface area (Å²) in [5.74, 6) is -0.744. The van der Waals surface area contributed by atoms with E-state index in [0.29, 0.717) is 13.0 Å². The molecule has 0 unspecified atom stereocenters. The summed E-state index contributed by atoms with van der Waals surface area (Å²) in [5.41, 5.74) is 3.11. The fraction of sp³-hybridized carbons (Fsp3) is 0.385. The number of aliphatic carboxylic acids is 1. The molecular formula is C13H16N2O3. The first-order valence-corrected chi connectivity index (χ1v) is 5.99. The number of carboxylic acid groups (broad SMARTS) is 1. The number of anilines is 1. The standard InChI is InChI=1S/C13H16N2O3/c16-12-8-10-7-9(1-2-11(10)15-12)3-5-14-6-4-13(17)18/h1-2,7,14H,3-6,8H2,(H,15,16)(H,17,18). The lowest BCUT2D eigenvalue weighted by atomic mass is 10.1. The second kappa shape index (κ2) is 5.64. The van der Waals surface area contributed by atoms with Gasteiger partial charge in [-0.2, -0.15) is 0 Å². The topological polar surface area (TPSA) is 78.4 Å². The lowest BCUT2D eigenvalue weighted by Crippen LogP contribution is -2.20. The van der Waals surface area contributed by atoms with E-state index in [4.69, 9.17) is 5.11 Å². The van der Waals surface area contributed by atoms with Crippen LogP contribution in [0.5, 0.6) is 0 Å². The summed E-state index contributed by atoms with van der Waals surface area (Å²) < 4.78 is 0. The zero-order valence-electron chi connectivity index (χ0n) is 10.0. The fourth-order valence-corrected chi connectivity index (χ4v) is 1.99. The number of amides is 1. The summed E-state index contributed by atoms with van der Waals surface area (Å²) in [4.78, 5) is 21.5. The van der Waals surface area contributed by atoms with Gasteiger partial charge in [0.1, 0.15) is 0 Å². The van der Waals surface area contributed by atoms with Crippen LogP contribution in [-0.4, -0.2) is 30.1 Å². The molecule has 1 aromatic carbocycles. The molecule has 2 rings (SSSR count). The first-order chi connectivity index (χ1) is 8.65. The SMILES string of the molecule is O=C(O)CCNCCc1ccc2c(c1)CC(=O)N2. The number of carbonyl (C=O) groups is 2. The van der Waals surface area contributed by atoms with Crippen molar-refractivity contribution >= 4 is 17.6 Å². The van der Waals surface area contributed by atoms with Crippen molar-refractivity contribution in [3.8, 4) is 0 Å². The van der Waals surface area contributed by atoms with E-state index in [1.54, 1.807) is 0 Å². The number of rotatable bonds is 6. The van der Waals surface area contributed by atoms with E-state index in [-0.39, 0.29) is 12.3 Å². The molecule has 18 heavy (non-hydrogen) atoms. The van der Waals surface area contributed by atoms with Crippen molar-refractivity contribution in [3.05, 3.63) is 29.3 Å². The molecule has 1 aliphatic heterocycles. The smallest absolute Gasteiger partial charge is 0.304 e. The van der Waals surface area contributed by atoms with Crippen LogP contribution < -0.4 is 10.6 Å². The number of fused-ring (bicyclic) bond motifs is 1. The van der Waals surface area contributed by atoms with Gasteiger partial charge < -0.3 is 15.7 Å². The van der Waals surface area contributed by atoms with Crippen LogP contribution in [0.25, 0.3) is 0 Å². The Morgan fingerprint density at radius 2 is 2.22 bits per heavy atom. The molecule has 0 atom stereocenters. The molecule has 1 aromatic rings. The van der Waals surface area contributed by atoms with Crippen LogP contribution in [0.4, 0.5) is 5.69 Å². The molecule has 0 saturated heterocycles. The molecule has 5 nitrogen and oxygen atoms in total. The fourth-order valence-electron chi connectivity index (χ4n) is 1.99. The summed E-state index contributed by atoms with van der Waals surface area (Å²) in [6, 6.07) is 5.95. The van der Waals surface area contributed by atoms with Gasteiger partial charge in [0.2, 0.25) is 5.91 Å². The van der Waals surface area contributed by atoms with Gasteiger partial charge in [0.15, 0.2) is 0 Å². The summed E-state index contributed by atoms with van der Waals surface area (Å²) in [6.45, 7) is 1.23. The molecule has 1 aliphatic rings. The van der Waals surface area contributed by atoms with Crippen molar-refractivity contribution in [1.82, 2.24) is 5.32 Å². The van der Waals surface area contributed by atoms with Gasteiger partial charge in [0.25, 0.3) is 0 Å². The van der Waals surface area contributed by atoms with Crippen LogP contribution in [0.3, 0.4) is 0 Å². The predicted octanol–water partition coefficient (Wildman–Crippen LogP) is 0.788. The molecule has 0 saturated carbocycles. The van der Waals surface area contributed by atoms with Gasteiger partial charge in [-0.25, -0.2) is 0 Å². The molecule has 0 radical (unpaired) electrons. The van der Waals surface area contributed by atoms with E-state index in [9.17, 15) is 9.59 Å². The average molecular weight is 248 g/mol. The van der Waals surface area contributed by atoms with Gasteiger partial charge in [-0.05, 0) is 30.2 Å². The Hall–Kier alpha value is -1.88. The van der Waals surface area contributed by atoms with Crippen LogP contribution >= 0.6 is 0 Å². The second-order valence-corrected chi connectivity index (χ2v) is 4.36. The third kappa shape index (κ3) is 3.30. The Bertz CT molecular complexity index is 471. The number of hydrogen-bond donors (Lipinski definition) is 3. The third-order valence-electron chi connectivity index (χ3n) is 2.90. The molecule has 0 spiro atoms. The van der Waals surface area contributed by atoms with Gasteiger partial charge in [-0.15, -0.1) is 0 Å². The van der Waals surface area contributed by atoms with E-state index in [0.717, 1.165) is 29.8 Å². The highest BCUT2D eigenvalue weighted by Crippen LogP contribution is 2.23. The quantitative estimate of drug-likeness (QED) is 0.650. The van der Waals surface area contributed by atoms with Crippen LogP contribution in [0.15, 0.2) is 18.2 Å². The predicted molar refractivity (Wildman–Crippen MR) is 67.6 cm³/mol. The van der Waals surface area contributed by atoms with Crippen molar-refractivity contribution in [2.45, 2.75) is 19.3 Å².